The number of nitrogens with one attached hydrogen (secondary N) is 1. The summed E-state index contributed by atoms with van der Waals surface area (Å²) in [5, 5.41) is 0.761. The van der Waals surface area contributed by atoms with Crippen molar-refractivity contribution in [3.63, 3.8) is 0 Å². The molecular formula is C22H23FN6. The molecule has 0 saturated carbocycles. The molecule has 1 fully saturated rings. The number of fused-ring (bicyclic) bond motifs is 2. The molecule has 148 valence electrons. The van der Waals surface area contributed by atoms with Crippen LogP contribution in [-0.2, 0) is 0 Å². The van der Waals surface area contributed by atoms with Gasteiger partial charge in [0.05, 0.1) is 6.20 Å². The van der Waals surface area contributed by atoms with Gasteiger partial charge in [-0.1, -0.05) is 19.1 Å². The molecule has 0 aliphatic carbocycles. The number of rotatable bonds is 3. The van der Waals surface area contributed by atoms with Crippen molar-refractivity contribution in [3.8, 4) is 11.1 Å². The van der Waals surface area contributed by atoms with Gasteiger partial charge in [0, 0.05) is 36.4 Å². The van der Waals surface area contributed by atoms with E-state index in [-0.39, 0.29) is 5.82 Å². The molecular weight excluding hydrogens is 367 g/mol. The number of aromatic nitrogens is 4. The Bertz CT molecular complexity index is 1190. The fourth-order valence-corrected chi connectivity index (χ4v) is 4.37. The van der Waals surface area contributed by atoms with Crippen LogP contribution in [0.15, 0.2) is 42.9 Å². The maximum absolute atomic E-state index is 14.2. The Hall–Kier alpha value is -3.06. The predicted octanol–water partition coefficient (Wildman–Crippen LogP) is 3.73. The van der Waals surface area contributed by atoms with Crippen molar-refractivity contribution in [2.75, 3.05) is 24.5 Å². The highest BCUT2D eigenvalue weighted by molar-refractivity contribution is 6.02. The van der Waals surface area contributed by atoms with Crippen LogP contribution in [-0.4, -0.2) is 39.6 Å². The first-order chi connectivity index (χ1) is 14.2. The minimum atomic E-state index is -0.326. The van der Waals surface area contributed by atoms with E-state index in [1.165, 1.54) is 6.07 Å². The van der Waals surface area contributed by atoms with Gasteiger partial charge in [-0.2, -0.15) is 0 Å². The van der Waals surface area contributed by atoms with Gasteiger partial charge in [0.1, 0.15) is 22.7 Å². The third-order valence-electron chi connectivity index (χ3n) is 6.09. The average Bonchev–Trinajstić information content (AvgIpc) is 3.17. The molecule has 1 aromatic carbocycles. The molecule has 1 aliphatic heterocycles. The summed E-state index contributed by atoms with van der Waals surface area (Å²) in [5.74, 6) is 1.65. The lowest BCUT2D eigenvalue weighted by atomic mass is 9.87. The zero-order valence-corrected chi connectivity index (χ0v) is 16.3. The van der Waals surface area contributed by atoms with Crippen LogP contribution in [0.1, 0.15) is 13.3 Å². The highest BCUT2D eigenvalue weighted by Gasteiger charge is 2.26. The van der Waals surface area contributed by atoms with E-state index in [4.69, 9.17) is 15.7 Å². The molecule has 0 bridgehead atoms. The van der Waals surface area contributed by atoms with Gasteiger partial charge in [-0.25, -0.2) is 14.4 Å². The summed E-state index contributed by atoms with van der Waals surface area (Å²) >= 11 is 0. The van der Waals surface area contributed by atoms with Crippen LogP contribution in [0.5, 0.6) is 0 Å². The SMILES string of the molecule is CC1CN(c2cnc3c(-c4ccc(F)c5ncccc45)c[nH]c3n2)CCC1CN. The number of anilines is 1. The Kier molecular flexibility index (Phi) is 4.39. The summed E-state index contributed by atoms with van der Waals surface area (Å²) in [5.41, 5.74) is 9.53. The number of hydrogen-bond acceptors (Lipinski definition) is 5. The lowest BCUT2D eigenvalue weighted by Crippen LogP contribution is -2.42. The molecule has 1 aliphatic rings. The van der Waals surface area contributed by atoms with E-state index in [2.05, 4.69) is 21.8 Å². The molecule has 6 nitrogen and oxygen atoms in total. The van der Waals surface area contributed by atoms with Crippen molar-refractivity contribution in [1.29, 1.82) is 0 Å². The summed E-state index contributed by atoms with van der Waals surface area (Å²) in [6, 6.07) is 6.92. The summed E-state index contributed by atoms with van der Waals surface area (Å²) in [6.45, 7) is 4.86. The second-order valence-electron chi connectivity index (χ2n) is 7.83. The van der Waals surface area contributed by atoms with Gasteiger partial charge < -0.3 is 15.6 Å². The van der Waals surface area contributed by atoms with Crippen molar-refractivity contribution in [2.45, 2.75) is 13.3 Å². The van der Waals surface area contributed by atoms with Gasteiger partial charge in [0.25, 0.3) is 0 Å². The molecule has 29 heavy (non-hydrogen) atoms. The van der Waals surface area contributed by atoms with E-state index in [1.54, 1.807) is 12.3 Å². The van der Waals surface area contributed by atoms with E-state index in [0.717, 1.165) is 59.5 Å². The van der Waals surface area contributed by atoms with E-state index in [9.17, 15) is 4.39 Å². The normalized spacial score (nSPS) is 19.9. The van der Waals surface area contributed by atoms with Crippen LogP contribution in [0.4, 0.5) is 10.2 Å². The number of nitrogens with two attached hydrogens (primary N) is 1. The quantitative estimate of drug-likeness (QED) is 0.557. The topological polar surface area (TPSA) is 83.7 Å². The van der Waals surface area contributed by atoms with Crippen LogP contribution in [0.3, 0.4) is 0 Å². The van der Waals surface area contributed by atoms with Crippen molar-refractivity contribution in [2.24, 2.45) is 17.6 Å². The zero-order valence-electron chi connectivity index (χ0n) is 16.3. The van der Waals surface area contributed by atoms with E-state index in [0.29, 0.717) is 17.4 Å². The van der Waals surface area contributed by atoms with E-state index >= 15 is 0 Å². The molecule has 0 spiro atoms. The van der Waals surface area contributed by atoms with Crippen LogP contribution >= 0.6 is 0 Å². The number of nitrogens with zero attached hydrogens (tertiary/aromatic N) is 4. The zero-order chi connectivity index (χ0) is 20.0. The second kappa shape index (κ2) is 7.08. The largest absolute Gasteiger partial charge is 0.355 e. The number of H-pyrrole nitrogens is 1. The summed E-state index contributed by atoms with van der Waals surface area (Å²) < 4.78 is 14.2. The highest BCUT2D eigenvalue weighted by Crippen LogP contribution is 2.34. The fraction of sp³-hybridized carbons (Fsp3) is 0.318. The van der Waals surface area contributed by atoms with Crippen molar-refractivity contribution in [1.82, 2.24) is 19.9 Å². The second-order valence-corrected chi connectivity index (χ2v) is 7.83. The number of hydrogen-bond donors (Lipinski definition) is 2. The third kappa shape index (κ3) is 3.02. The van der Waals surface area contributed by atoms with Crippen LogP contribution in [0.25, 0.3) is 33.2 Å². The molecule has 4 aromatic rings. The van der Waals surface area contributed by atoms with Crippen LogP contribution in [0, 0.1) is 17.7 Å². The van der Waals surface area contributed by atoms with Gasteiger partial charge in [-0.15, -0.1) is 0 Å². The molecule has 5 rings (SSSR count). The lowest BCUT2D eigenvalue weighted by molar-refractivity contribution is 0.306. The molecule has 3 aromatic heterocycles. The fourth-order valence-electron chi connectivity index (χ4n) is 4.37. The van der Waals surface area contributed by atoms with Gasteiger partial charge in [0.15, 0.2) is 5.65 Å². The number of pyridine rings is 1. The maximum atomic E-state index is 14.2. The number of piperidine rings is 1. The van der Waals surface area contributed by atoms with Crippen molar-refractivity contribution in [3.05, 3.63) is 48.7 Å². The molecule has 0 radical (unpaired) electrons. The number of benzene rings is 1. The molecule has 0 amide bonds. The predicted molar refractivity (Wildman–Crippen MR) is 113 cm³/mol. The Morgan fingerprint density at radius 3 is 2.93 bits per heavy atom. The lowest BCUT2D eigenvalue weighted by Gasteiger charge is -2.36. The standard InChI is InChI=1S/C22H23FN6/c1-13-12-29(8-6-14(13)9-24)19-11-26-21-17(10-27-22(21)28-19)15-4-5-18(23)20-16(15)3-2-7-25-20/h2-5,7,10-11,13-14H,6,8-9,12,24H2,1H3,(H,27,28). The summed E-state index contributed by atoms with van der Waals surface area (Å²) in [7, 11) is 0. The number of halogens is 1. The van der Waals surface area contributed by atoms with Crippen molar-refractivity contribution >= 4 is 27.9 Å². The number of aromatic amines is 1. The molecule has 4 heterocycles. The van der Waals surface area contributed by atoms with Gasteiger partial charge in [0.2, 0.25) is 0 Å². The Morgan fingerprint density at radius 2 is 2.10 bits per heavy atom. The first kappa shape index (κ1) is 18.0. The van der Waals surface area contributed by atoms with Crippen LogP contribution in [0.2, 0.25) is 0 Å². The van der Waals surface area contributed by atoms with Gasteiger partial charge in [-0.3, -0.25) is 4.98 Å². The maximum Gasteiger partial charge on any atom is 0.159 e. The molecule has 3 N–H and O–H groups in total. The molecule has 7 heteroatoms. The Labute approximate surface area is 168 Å². The minimum Gasteiger partial charge on any atom is -0.355 e. The Morgan fingerprint density at radius 1 is 1.21 bits per heavy atom. The Balaban J connectivity index is 1.54. The van der Waals surface area contributed by atoms with E-state index in [1.807, 2.05) is 24.5 Å². The first-order valence-corrected chi connectivity index (χ1v) is 9.98. The monoisotopic (exact) mass is 390 g/mol. The highest BCUT2D eigenvalue weighted by atomic mass is 19.1. The van der Waals surface area contributed by atoms with Crippen LogP contribution < -0.4 is 10.6 Å². The first-order valence-electron chi connectivity index (χ1n) is 9.98. The van der Waals surface area contributed by atoms with Gasteiger partial charge in [-0.05, 0) is 42.5 Å². The van der Waals surface area contributed by atoms with Gasteiger partial charge >= 0.3 is 0 Å². The van der Waals surface area contributed by atoms with Crippen molar-refractivity contribution < 1.29 is 4.39 Å². The summed E-state index contributed by atoms with van der Waals surface area (Å²) in [4.78, 5) is 19.2. The summed E-state index contributed by atoms with van der Waals surface area (Å²) in [6.07, 6.45) is 6.39. The molecule has 2 unspecified atom stereocenters. The third-order valence-corrected chi connectivity index (χ3v) is 6.09. The minimum absolute atomic E-state index is 0.326. The average molecular weight is 390 g/mol. The smallest absolute Gasteiger partial charge is 0.159 e. The molecule has 1 saturated heterocycles. The van der Waals surface area contributed by atoms with E-state index < -0.39 is 0 Å². The molecule has 2 atom stereocenters.